The van der Waals surface area contributed by atoms with E-state index in [2.05, 4.69) is 0 Å². The van der Waals surface area contributed by atoms with E-state index < -0.39 is 29.0 Å². The van der Waals surface area contributed by atoms with Crippen molar-refractivity contribution in [3.8, 4) is 5.75 Å². The van der Waals surface area contributed by atoms with E-state index in [0.717, 1.165) is 18.2 Å². The lowest BCUT2D eigenvalue weighted by atomic mass is 9.94. The van der Waals surface area contributed by atoms with Crippen molar-refractivity contribution >= 4 is 0 Å². The number of aliphatic hydroxyl groups excluding tert-OH is 1. The van der Waals surface area contributed by atoms with Crippen molar-refractivity contribution in [2.75, 3.05) is 13.2 Å². The van der Waals surface area contributed by atoms with Gasteiger partial charge in [-0.3, -0.25) is 0 Å². The van der Waals surface area contributed by atoms with Gasteiger partial charge in [0.15, 0.2) is 0 Å². The van der Waals surface area contributed by atoms with Crippen LogP contribution in [0.15, 0.2) is 42.5 Å². The molecule has 0 radical (unpaired) electrons. The van der Waals surface area contributed by atoms with E-state index in [1.54, 1.807) is 6.92 Å². The van der Waals surface area contributed by atoms with Gasteiger partial charge in [-0.05, 0) is 68.0 Å². The lowest BCUT2D eigenvalue weighted by Crippen LogP contribution is -2.40. The van der Waals surface area contributed by atoms with Gasteiger partial charge in [0.25, 0.3) is 0 Å². The van der Waals surface area contributed by atoms with Crippen LogP contribution in [0.2, 0.25) is 0 Å². The quantitative estimate of drug-likeness (QED) is 0.399. The number of aliphatic hydroxyl groups is 1. The zero-order valence-corrected chi connectivity index (χ0v) is 17.0. The van der Waals surface area contributed by atoms with Crippen LogP contribution >= 0.6 is 0 Å². The maximum absolute atomic E-state index is 13.4. The molecule has 2 aromatic carbocycles. The average molecular weight is 449 g/mol. The summed E-state index contributed by atoms with van der Waals surface area (Å²) in [4.78, 5) is 0. The Morgan fingerprint density at radius 1 is 0.871 bits per heavy atom. The van der Waals surface area contributed by atoms with Crippen LogP contribution < -0.4 is 10.5 Å². The fourth-order valence-corrected chi connectivity index (χ4v) is 2.91. The predicted molar refractivity (Wildman–Crippen MR) is 105 cm³/mol. The Kier molecular flexibility index (Phi) is 7.99. The summed E-state index contributed by atoms with van der Waals surface area (Å²) in [7, 11) is 0. The minimum Gasteiger partial charge on any atom is -0.493 e. The van der Waals surface area contributed by atoms with Crippen molar-refractivity contribution in [2.45, 2.75) is 50.5 Å². The van der Waals surface area contributed by atoms with Crippen molar-refractivity contribution in [1.29, 1.82) is 0 Å². The Hall–Kier alpha value is -2.26. The number of rotatable bonds is 9. The number of nitrogens with two attached hydrogens (primary N) is 1. The minimum absolute atomic E-state index is 0.0190. The third kappa shape index (κ3) is 7.74. The van der Waals surface area contributed by atoms with Crippen molar-refractivity contribution in [2.24, 2.45) is 5.73 Å². The van der Waals surface area contributed by atoms with Crippen LogP contribution in [0.25, 0.3) is 0 Å². The highest BCUT2D eigenvalue weighted by molar-refractivity contribution is 5.39. The van der Waals surface area contributed by atoms with Gasteiger partial charge in [0, 0.05) is 5.54 Å². The molecule has 0 aliphatic rings. The third-order valence-corrected chi connectivity index (χ3v) is 4.84. The summed E-state index contributed by atoms with van der Waals surface area (Å²) in [5, 5.41) is 9.18. The first-order valence-corrected chi connectivity index (χ1v) is 9.71. The SMILES string of the molecule is CC(N)(CO)CCc1ccc(OCCCc2ccc(C(F)(F)F)cc2)c(C(F)(F)F)c1. The fourth-order valence-electron chi connectivity index (χ4n) is 2.91. The molecule has 172 valence electrons. The molecule has 0 heterocycles. The summed E-state index contributed by atoms with van der Waals surface area (Å²) < 4.78 is 83.4. The molecule has 2 aromatic rings. The molecular weight excluding hydrogens is 424 g/mol. The van der Waals surface area contributed by atoms with Crippen molar-refractivity contribution < 1.29 is 36.2 Å². The number of alkyl halides is 6. The molecule has 0 aliphatic carbocycles. The fraction of sp³-hybridized carbons (Fsp3) is 0.455. The van der Waals surface area contributed by atoms with E-state index in [1.807, 2.05) is 0 Å². The normalized spacial score (nSPS) is 14.4. The molecule has 0 saturated heterocycles. The number of hydrogen-bond acceptors (Lipinski definition) is 3. The van der Waals surface area contributed by atoms with Gasteiger partial charge in [-0.2, -0.15) is 26.3 Å². The average Bonchev–Trinajstić information content (AvgIpc) is 2.69. The van der Waals surface area contributed by atoms with Crippen LogP contribution in [0.4, 0.5) is 26.3 Å². The second-order valence-electron chi connectivity index (χ2n) is 7.79. The summed E-state index contributed by atoms with van der Waals surface area (Å²) in [6.45, 7) is 1.32. The predicted octanol–water partition coefficient (Wildman–Crippen LogP) is 5.38. The second-order valence-corrected chi connectivity index (χ2v) is 7.79. The van der Waals surface area contributed by atoms with Crippen molar-refractivity contribution in [3.05, 3.63) is 64.7 Å². The molecule has 9 heteroatoms. The van der Waals surface area contributed by atoms with E-state index in [1.165, 1.54) is 24.3 Å². The molecule has 31 heavy (non-hydrogen) atoms. The summed E-state index contributed by atoms with van der Waals surface area (Å²) in [5.74, 6) is -0.304. The van der Waals surface area contributed by atoms with Gasteiger partial charge in [-0.15, -0.1) is 0 Å². The molecule has 0 spiro atoms. The Labute approximate surface area is 176 Å². The Balaban J connectivity index is 1.97. The largest absolute Gasteiger partial charge is 0.493 e. The number of ether oxygens (including phenoxy) is 1. The maximum Gasteiger partial charge on any atom is 0.419 e. The first-order valence-electron chi connectivity index (χ1n) is 9.71. The van der Waals surface area contributed by atoms with Gasteiger partial charge in [0.2, 0.25) is 0 Å². The zero-order valence-electron chi connectivity index (χ0n) is 17.0. The highest BCUT2D eigenvalue weighted by Crippen LogP contribution is 2.37. The monoisotopic (exact) mass is 449 g/mol. The molecule has 0 fully saturated rings. The summed E-state index contributed by atoms with van der Waals surface area (Å²) >= 11 is 0. The molecule has 0 aliphatic heterocycles. The molecule has 3 nitrogen and oxygen atoms in total. The van der Waals surface area contributed by atoms with E-state index >= 15 is 0 Å². The highest BCUT2D eigenvalue weighted by Gasteiger charge is 2.35. The molecule has 0 amide bonds. The summed E-state index contributed by atoms with van der Waals surface area (Å²) in [6.07, 6.45) is -7.73. The smallest absolute Gasteiger partial charge is 0.419 e. The Bertz CT molecular complexity index is 845. The zero-order chi connectivity index (χ0) is 23.3. The lowest BCUT2D eigenvalue weighted by Gasteiger charge is -2.22. The number of halogens is 6. The van der Waals surface area contributed by atoms with E-state index in [4.69, 9.17) is 10.5 Å². The number of aryl methyl sites for hydroxylation is 2. The van der Waals surface area contributed by atoms with E-state index in [-0.39, 0.29) is 25.4 Å². The molecule has 1 atom stereocenters. The van der Waals surface area contributed by atoms with Gasteiger partial charge < -0.3 is 15.6 Å². The van der Waals surface area contributed by atoms with Crippen LogP contribution in [0, 0.1) is 0 Å². The highest BCUT2D eigenvalue weighted by atomic mass is 19.4. The van der Waals surface area contributed by atoms with Gasteiger partial charge in [-0.1, -0.05) is 18.2 Å². The number of hydrogen-bond donors (Lipinski definition) is 2. The second kappa shape index (κ2) is 9.91. The molecule has 1 unspecified atom stereocenters. The van der Waals surface area contributed by atoms with Gasteiger partial charge in [0.05, 0.1) is 24.3 Å². The van der Waals surface area contributed by atoms with Gasteiger partial charge in [0.1, 0.15) is 5.75 Å². The Morgan fingerprint density at radius 2 is 1.48 bits per heavy atom. The Morgan fingerprint density at radius 3 is 2.03 bits per heavy atom. The molecule has 0 aromatic heterocycles. The van der Waals surface area contributed by atoms with Gasteiger partial charge in [-0.25, -0.2) is 0 Å². The van der Waals surface area contributed by atoms with Crippen LogP contribution in [-0.2, 0) is 25.2 Å². The molecule has 0 saturated carbocycles. The standard InChI is InChI=1S/C22H25F6NO2/c1-20(29,14-30)11-10-16-6-9-19(18(13-16)22(26,27)28)31-12-2-3-15-4-7-17(8-5-15)21(23,24)25/h4-9,13,30H,2-3,10-12,14,29H2,1H3. The summed E-state index contributed by atoms with van der Waals surface area (Å²) in [6, 6.07) is 8.42. The topological polar surface area (TPSA) is 55.5 Å². The van der Waals surface area contributed by atoms with Crippen LogP contribution in [0.5, 0.6) is 5.75 Å². The molecular formula is C22H25F6NO2. The molecule has 0 bridgehead atoms. The third-order valence-electron chi connectivity index (χ3n) is 4.84. The first kappa shape index (κ1) is 25.0. The minimum atomic E-state index is -4.61. The van der Waals surface area contributed by atoms with E-state index in [9.17, 15) is 31.4 Å². The number of benzene rings is 2. The van der Waals surface area contributed by atoms with E-state index in [0.29, 0.717) is 30.4 Å². The van der Waals surface area contributed by atoms with Gasteiger partial charge >= 0.3 is 12.4 Å². The van der Waals surface area contributed by atoms with Crippen LogP contribution in [-0.4, -0.2) is 23.9 Å². The maximum atomic E-state index is 13.4. The molecule has 3 N–H and O–H groups in total. The van der Waals surface area contributed by atoms with Crippen LogP contribution in [0.1, 0.15) is 42.0 Å². The summed E-state index contributed by atoms with van der Waals surface area (Å²) in [5.41, 5.74) is 4.35. The van der Waals surface area contributed by atoms with Crippen molar-refractivity contribution in [1.82, 2.24) is 0 Å². The van der Waals surface area contributed by atoms with Crippen LogP contribution in [0.3, 0.4) is 0 Å². The molecule has 2 rings (SSSR count). The first-order chi connectivity index (χ1) is 14.3. The lowest BCUT2D eigenvalue weighted by molar-refractivity contribution is -0.139. The van der Waals surface area contributed by atoms with Crippen molar-refractivity contribution in [3.63, 3.8) is 0 Å².